The van der Waals surface area contributed by atoms with Crippen LogP contribution in [0.1, 0.15) is 25.8 Å². The predicted octanol–water partition coefficient (Wildman–Crippen LogP) is 1.72. The van der Waals surface area contributed by atoms with Gasteiger partial charge in [-0.05, 0) is 11.5 Å². The smallest absolute Gasteiger partial charge is 0.326 e. The van der Waals surface area contributed by atoms with Crippen molar-refractivity contribution >= 4 is 33.7 Å². The van der Waals surface area contributed by atoms with Crippen LogP contribution in [0, 0.1) is 5.92 Å². The second kappa shape index (κ2) is 10.1. The molecule has 1 rings (SSSR count). The van der Waals surface area contributed by atoms with Crippen molar-refractivity contribution in [2.24, 2.45) is 5.92 Å². The molecule has 1 aromatic carbocycles. The Morgan fingerprint density at radius 1 is 1.12 bits per heavy atom. The fraction of sp³-hybridized carbons (Fsp3) is 0.471. The standard InChI is InChI=1S/C17H23BrN2O4/c1-11(2)13(18)9-15(21)19-10-16(22)20-14(17(23)24)8-12-6-4-3-5-7-12/h3-7,11,13-14H,8-10H2,1-2H3,(H,19,21)(H,20,22)(H,23,24)/t13-,14-/m0/s1. The number of amides is 2. The number of hydrogen-bond acceptors (Lipinski definition) is 3. The van der Waals surface area contributed by atoms with Crippen molar-refractivity contribution in [1.82, 2.24) is 10.6 Å². The molecule has 0 saturated heterocycles. The summed E-state index contributed by atoms with van der Waals surface area (Å²) >= 11 is 3.41. The number of aliphatic carboxylic acids is 1. The molecule has 1 aromatic rings. The van der Waals surface area contributed by atoms with E-state index in [0.717, 1.165) is 5.56 Å². The lowest BCUT2D eigenvalue weighted by atomic mass is 10.1. The van der Waals surface area contributed by atoms with Gasteiger partial charge in [0.15, 0.2) is 0 Å². The third kappa shape index (κ3) is 7.59. The van der Waals surface area contributed by atoms with E-state index in [1.54, 1.807) is 12.1 Å². The number of carboxylic acid groups (broad SMARTS) is 1. The number of benzene rings is 1. The summed E-state index contributed by atoms with van der Waals surface area (Å²) in [7, 11) is 0. The fourth-order valence-corrected chi connectivity index (χ4v) is 2.25. The number of halogens is 1. The van der Waals surface area contributed by atoms with E-state index >= 15 is 0 Å². The molecule has 3 N–H and O–H groups in total. The largest absolute Gasteiger partial charge is 0.480 e. The summed E-state index contributed by atoms with van der Waals surface area (Å²) in [6.45, 7) is 3.73. The molecule has 7 heteroatoms. The van der Waals surface area contributed by atoms with Crippen molar-refractivity contribution in [3.05, 3.63) is 35.9 Å². The highest BCUT2D eigenvalue weighted by molar-refractivity contribution is 9.09. The van der Waals surface area contributed by atoms with Gasteiger partial charge in [-0.25, -0.2) is 4.79 Å². The summed E-state index contributed by atoms with van der Waals surface area (Å²) in [6.07, 6.45) is 0.448. The zero-order chi connectivity index (χ0) is 18.1. The lowest BCUT2D eigenvalue weighted by Gasteiger charge is -2.16. The van der Waals surface area contributed by atoms with E-state index in [9.17, 15) is 19.5 Å². The zero-order valence-corrected chi connectivity index (χ0v) is 15.4. The van der Waals surface area contributed by atoms with Gasteiger partial charge in [-0.15, -0.1) is 0 Å². The first kappa shape index (κ1) is 20.2. The van der Waals surface area contributed by atoms with Crippen LogP contribution in [0.25, 0.3) is 0 Å². The SMILES string of the molecule is CC(C)[C@@H](Br)CC(=O)NCC(=O)N[C@@H](Cc1ccccc1)C(=O)O. The number of alkyl halides is 1. The highest BCUT2D eigenvalue weighted by Gasteiger charge is 2.21. The molecule has 0 bridgehead atoms. The Morgan fingerprint density at radius 2 is 1.75 bits per heavy atom. The fourth-order valence-electron chi connectivity index (χ4n) is 1.96. The Kier molecular flexibility index (Phi) is 8.46. The van der Waals surface area contributed by atoms with Gasteiger partial charge in [0.2, 0.25) is 11.8 Å². The Bertz CT molecular complexity index is 563. The minimum absolute atomic E-state index is 0.0328. The second-order valence-corrected chi connectivity index (χ2v) is 7.07. The molecule has 24 heavy (non-hydrogen) atoms. The van der Waals surface area contributed by atoms with Crippen LogP contribution in [-0.2, 0) is 20.8 Å². The van der Waals surface area contributed by atoms with Gasteiger partial charge in [0.1, 0.15) is 6.04 Å². The van der Waals surface area contributed by atoms with Gasteiger partial charge < -0.3 is 15.7 Å². The maximum Gasteiger partial charge on any atom is 0.326 e. The Hall–Kier alpha value is -1.89. The molecule has 2 amide bonds. The van der Waals surface area contributed by atoms with Gasteiger partial charge >= 0.3 is 5.97 Å². The van der Waals surface area contributed by atoms with E-state index < -0.39 is 17.9 Å². The van der Waals surface area contributed by atoms with Crippen LogP contribution in [0.15, 0.2) is 30.3 Å². The highest BCUT2D eigenvalue weighted by Crippen LogP contribution is 2.15. The number of nitrogens with one attached hydrogen (secondary N) is 2. The van der Waals surface area contributed by atoms with Crippen LogP contribution in [0.4, 0.5) is 0 Å². The molecule has 132 valence electrons. The van der Waals surface area contributed by atoms with Crippen LogP contribution in [-0.4, -0.2) is 40.3 Å². The molecule has 0 aliphatic rings. The summed E-state index contributed by atoms with van der Waals surface area (Å²) < 4.78 is 0. The molecule has 0 aliphatic heterocycles. The Labute approximate surface area is 150 Å². The average molecular weight is 399 g/mol. The van der Waals surface area contributed by atoms with Crippen molar-refractivity contribution in [1.29, 1.82) is 0 Å². The maximum atomic E-state index is 11.9. The van der Waals surface area contributed by atoms with Crippen LogP contribution < -0.4 is 10.6 Å². The van der Waals surface area contributed by atoms with Crippen molar-refractivity contribution in [2.45, 2.75) is 37.6 Å². The minimum atomic E-state index is -1.11. The zero-order valence-electron chi connectivity index (χ0n) is 13.8. The molecule has 6 nitrogen and oxygen atoms in total. The molecule has 2 atom stereocenters. The summed E-state index contributed by atoms with van der Waals surface area (Å²) in [5.74, 6) is -1.59. The number of carbonyl (C=O) groups excluding carboxylic acids is 2. The Morgan fingerprint density at radius 3 is 2.29 bits per heavy atom. The van der Waals surface area contributed by atoms with E-state index in [1.807, 2.05) is 32.0 Å². The minimum Gasteiger partial charge on any atom is -0.480 e. The predicted molar refractivity (Wildman–Crippen MR) is 94.9 cm³/mol. The van der Waals surface area contributed by atoms with Gasteiger partial charge in [0, 0.05) is 17.7 Å². The lowest BCUT2D eigenvalue weighted by Crippen LogP contribution is -2.46. The van der Waals surface area contributed by atoms with E-state index in [-0.39, 0.29) is 30.1 Å². The molecule has 0 radical (unpaired) electrons. The van der Waals surface area contributed by atoms with Crippen molar-refractivity contribution < 1.29 is 19.5 Å². The normalized spacial score (nSPS) is 13.2. The molecule has 0 heterocycles. The van der Waals surface area contributed by atoms with Crippen LogP contribution in [0.2, 0.25) is 0 Å². The second-order valence-electron chi connectivity index (χ2n) is 5.89. The van der Waals surface area contributed by atoms with Gasteiger partial charge in [0.05, 0.1) is 6.54 Å². The topological polar surface area (TPSA) is 95.5 Å². The summed E-state index contributed by atoms with van der Waals surface area (Å²) in [6, 6.07) is 8.01. The molecular formula is C17H23BrN2O4. The van der Waals surface area contributed by atoms with Crippen molar-refractivity contribution in [3.63, 3.8) is 0 Å². The molecular weight excluding hydrogens is 376 g/mol. The third-order valence-electron chi connectivity index (χ3n) is 3.47. The molecule has 0 aliphatic carbocycles. The van der Waals surface area contributed by atoms with Gasteiger partial charge in [-0.1, -0.05) is 60.1 Å². The summed E-state index contributed by atoms with van der Waals surface area (Å²) in [5, 5.41) is 14.2. The van der Waals surface area contributed by atoms with Crippen LogP contribution in [0.3, 0.4) is 0 Å². The summed E-state index contributed by atoms with van der Waals surface area (Å²) in [5.41, 5.74) is 0.813. The number of hydrogen-bond donors (Lipinski definition) is 3. The first-order valence-electron chi connectivity index (χ1n) is 7.76. The van der Waals surface area contributed by atoms with Gasteiger partial charge in [0.25, 0.3) is 0 Å². The maximum absolute atomic E-state index is 11.9. The first-order chi connectivity index (χ1) is 11.3. The van der Waals surface area contributed by atoms with Gasteiger partial charge in [-0.3, -0.25) is 9.59 Å². The molecule has 0 saturated carbocycles. The monoisotopic (exact) mass is 398 g/mol. The molecule has 0 spiro atoms. The first-order valence-corrected chi connectivity index (χ1v) is 8.68. The van der Waals surface area contributed by atoms with Gasteiger partial charge in [-0.2, -0.15) is 0 Å². The molecule has 0 unspecified atom stereocenters. The quantitative estimate of drug-likeness (QED) is 0.551. The third-order valence-corrected chi connectivity index (χ3v) is 4.85. The van der Waals surface area contributed by atoms with Crippen molar-refractivity contribution in [2.75, 3.05) is 6.54 Å². The molecule has 0 fully saturated rings. The van der Waals surface area contributed by atoms with E-state index in [1.165, 1.54) is 0 Å². The summed E-state index contributed by atoms with van der Waals surface area (Å²) in [4.78, 5) is 34.9. The van der Waals surface area contributed by atoms with Crippen molar-refractivity contribution in [3.8, 4) is 0 Å². The van der Waals surface area contributed by atoms with Crippen LogP contribution in [0.5, 0.6) is 0 Å². The Balaban J connectivity index is 2.46. The molecule has 0 aromatic heterocycles. The number of carboxylic acids is 1. The number of carbonyl (C=O) groups is 3. The number of rotatable bonds is 9. The average Bonchev–Trinajstić information content (AvgIpc) is 2.53. The van der Waals surface area contributed by atoms with E-state index in [4.69, 9.17) is 0 Å². The highest BCUT2D eigenvalue weighted by atomic mass is 79.9. The van der Waals surface area contributed by atoms with Crippen LogP contribution >= 0.6 is 15.9 Å². The van der Waals surface area contributed by atoms with E-state index in [0.29, 0.717) is 5.92 Å². The van der Waals surface area contributed by atoms with E-state index in [2.05, 4.69) is 26.6 Å². The lowest BCUT2D eigenvalue weighted by molar-refractivity contribution is -0.141.